The van der Waals surface area contributed by atoms with Crippen molar-refractivity contribution in [3.63, 3.8) is 0 Å². The smallest absolute Gasteiger partial charge is 0.407 e. The van der Waals surface area contributed by atoms with Crippen LogP contribution in [-0.2, 0) is 16.1 Å². The third-order valence-electron chi connectivity index (χ3n) is 11.0. The highest BCUT2D eigenvalue weighted by Crippen LogP contribution is 2.44. The first-order chi connectivity index (χ1) is 25.1. The number of aliphatic hydroxyl groups is 1. The SMILES string of the molecule is CCCC(=O)N1C(c2nc3c(ccc4cc5c(cc43)OCc3cc(-c4cnc(C6CC[C@H](C)N6C(O)[C@H](C)NC(=O)OC)[nH]4)ccc3-5)[nH]2)CC[C@@H]1I. The molecule has 3 aliphatic heterocycles. The predicted octanol–water partition coefficient (Wildman–Crippen LogP) is 7.48. The van der Waals surface area contributed by atoms with Crippen molar-refractivity contribution in [3.05, 3.63) is 65.9 Å². The Morgan fingerprint density at radius 3 is 2.71 bits per heavy atom. The number of imidazole rings is 2. The van der Waals surface area contributed by atoms with Gasteiger partial charge in [-0.05, 0) is 92.3 Å². The number of benzene rings is 3. The van der Waals surface area contributed by atoms with E-state index >= 15 is 0 Å². The maximum atomic E-state index is 13.0. The van der Waals surface area contributed by atoms with E-state index in [0.717, 1.165) is 99.3 Å². The van der Waals surface area contributed by atoms with Gasteiger partial charge in [0.05, 0.1) is 52.2 Å². The molecule has 6 atom stereocenters. The first-order valence-electron chi connectivity index (χ1n) is 18.2. The van der Waals surface area contributed by atoms with Gasteiger partial charge in [-0.1, -0.05) is 47.7 Å². The van der Waals surface area contributed by atoms with E-state index in [0.29, 0.717) is 13.0 Å². The van der Waals surface area contributed by atoms with E-state index in [2.05, 4.69) is 87.3 Å². The Kier molecular flexibility index (Phi) is 9.37. The van der Waals surface area contributed by atoms with Gasteiger partial charge in [0.15, 0.2) is 0 Å². The second kappa shape index (κ2) is 14.0. The first-order valence-corrected chi connectivity index (χ1v) is 19.4. The van der Waals surface area contributed by atoms with Gasteiger partial charge < -0.3 is 34.8 Å². The van der Waals surface area contributed by atoms with Crippen molar-refractivity contribution in [2.45, 2.75) is 100 Å². The highest BCUT2D eigenvalue weighted by atomic mass is 127. The molecule has 2 amide bonds. The summed E-state index contributed by atoms with van der Waals surface area (Å²) < 4.78 is 11.3. The Morgan fingerprint density at radius 1 is 1.08 bits per heavy atom. The molecule has 3 aliphatic rings. The molecule has 272 valence electrons. The fraction of sp³-hybridized carbons (Fsp3) is 0.436. The molecular weight excluding hydrogens is 773 g/mol. The van der Waals surface area contributed by atoms with E-state index in [1.54, 1.807) is 6.92 Å². The summed E-state index contributed by atoms with van der Waals surface area (Å²) in [5, 5.41) is 16.0. The summed E-state index contributed by atoms with van der Waals surface area (Å²) in [4.78, 5) is 45.8. The number of H-pyrrole nitrogens is 2. The van der Waals surface area contributed by atoms with Crippen LogP contribution >= 0.6 is 22.6 Å². The van der Waals surface area contributed by atoms with Crippen molar-refractivity contribution in [1.82, 2.24) is 35.1 Å². The molecule has 2 saturated heterocycles. The predicted molar refractivity (Wildman–Crippen MR) is 207 cm³/mol. The second-order valence-electron chi connectivity index (χ2n) is 14.3. The fourth-order valence-corrected chi connectivity index (χ4v) is 9.36. The number of halogens is 1. The van der Waals surface area contributed by atoms with Crippen LogP contribution in [0.25, 0.3) is 44.2 Å². The van der Waals surface area contributed by atoms with Crippen LogP contribution in [0.4, 0.5) is 4.79 Å². The van der Waals surface area contributed by atoms with Gasteiger partial charge in [0.25, 0.3) is 0 Å². The van der Waals surface area contributed by atoms with Crippen molar-refractivity contribution >= 4 is 56.4 Å². The monoisotopic (exact) mass is 817 g/mol. The first kappa shape index (κ1) is 34.9. The number of methoxy groups -OCH3 is 1. The lowest BCUT2D eigenvalue weighted by atomic mass is 9.92. The molecule has 52 heavy (non-hydrogen) atoms. The van der Waals surface area contributed by atoms with Crippen LogP contribution in [0.5, 0.6) is 5.75 Å². The van der Waals surface area contributed by atoms with Gasteiger partial charge in [-0.25, -0.2) is 14.8 Å². The lowest BCUT2D eigenvalue weighted by molar-refractivity contribution is -0.132. The highest BCUT2D eigenvalue weighted by molar-refractivity contribution is 14.1. The Balaban J connectivity index is 1.05. The molecule has 0 saturated carbocycles. The van der Waals surface area contributed by atoms with E-state index < -0.39 is 18.4 Å². The van der Waals surface area contributed by atoms with Gasteiger partial charge in [-0.15, -0.1) is 0 Å². The van der Waals surface area contributed by atoms with Crippen LogP contribution in [-0.4, -0.2) is 76.3 Å². The van der Waals surface area contributed by atoms with Crippen LogP contribution < -0.4 is 10.1 Å². The number of fused-ring (bicyclic) bond motifs is 6. The van der Waals surface area contributed by atoms with E-state index in [9.17, 15) is 14.7 Å². The number of nitrogens with zero attached hydrogens (tertiary/aromatic N) is 4. The Hall–Kier alpha value is -4.21. The molecule has 3 unspecified atom stereocenters. The molecule has 3 aromatic carbocycles. The number of likely N-dealkylation sites (tertiary alicyclic amines) is 2. The lowest BCUT2D eigenvalue weighted by Crippen LogP contribution is -2.52. The van der Waals surface area contributed by atoms with Crippen molar-refractivity contribution in [2.24, 2.45) is 0 Å². The fourth-order valence-electron chi connectivity index (χ4n) is 8.30. The van der Waals surface area contributed by atoms with Gasteiger partial charge in [-0.3, -0.25) is 9.69 Å². The van der Waals surface area contributed by atoms with Crippen LogP contribution in [0.1, 0.15) is 88.6 Å². The van der Waals surface area contributed by atoms with Crippen molar-refractivity contribution in [1.29, 1.82) is 0 Å². The van der Waals surface area contributed by atoms with Crippen molar-refractivity contribution < 1.29 is 24.2 Å². The number of amides is 2. The van der Waals surface area contributed by atoms with Gasteiger partial charge >= 0.3 is 6.09 Å². The largest absolute Gasteiger partial charge is 0.488 e. The molecule has 0 bridgehead atoms. The van der Waals surface area contributed by atoms with Crippen molar-refractivity contribution in [3.8, 4) is 28.1 Å². The molecular formula is C39H44IN7O5. The number of ether oxygens (including phenoxy) is 2. The molecule has 0 radical (unpaired) electrons. The zero-order chi connectivity index (χ0) is 36.3. The van der Waals surface area contributed by atoms with Gasteiger partial charge in [0.2, 0.25) is 5.91 Å². The van der Waals surface area contributed by atoms with E-state index in [-0.39, 0.29) is 28.1 Å². The van der Waals surface area contributed by atoms with Gasteiger partial charge in [-0.2, -0.15) is 0 Å². The van der Waals surface area contributed by atoms with Crippen LogP contribution in [0.15, 0.2) is 48.7 Å². The van der Waals surface area contributed by atoms with Crippen molar-refractivity contribution in [2.75, 3.05) is 7.11 Å². The Morgan fingerprint density at radius 2 is 1.90 bits per heavy atom. The topological polar surface area (TPSA) is 149 Å². The average molecular weight is 818 g/mol. The van der Waals surface area contributed by atoms with Gasteiger partial charge in [0.1, 0.15) is 30.2 Å². The molecule has 2 fully saturated rings. The third-order valence-corrected chi connectivity index (χ3v) is 12.2. The molecule has 13 heteroatoms. The Bertz CT molecular complexity index is 2170. The zero-order valence-corrected chi connectivity index (χ0v) is 31.9. The number of aromatic amines is 2. The minimum absolute atomic E-state index is 0.0458. The number of alkyl halides is 1. The zero-order valence-electron chi connectivity index (χ0n) is 29.8. The molecule has 0 spiro atoms. The maximum Gasteiger partial charge on any atom is 0.407 e. The molecule has 4 N–H and O–H groups in total. The Labute approximate surface area is 315 Å². The summed E-state index contributed by atoms with van der Waals surface area (Å²) in [6.45, 7) is 6.33. The molecule has 5 aromatic rings. The summed E-state index contributed by atoms with van der Waals surface area (Å²) >= 11 is 2.39. The van der Waals surface area contributed by atoms with Crippen LogP contribution in [0, 0.1) is 0 Å². The number of aromatic nitrogens is 4. The van der Waals surface area contributed by atoms with E-state index in [1.165, 1.54) is 7.11 Å². The number of carbonyl (C=O) groups is 2. The standard InChI is InChI=1S/C39H44IN7O5/c1-5-6-34(48)47-31(13-14-33(47)40)37-43-28-11-9-22-16-27-25-10-8-23(15-24(25)19-52-32(27)17-26(22)35(28)45-37)29-18-41-36(44-29)30-12-7-20(2)46(30)38(49)21(3)42-39(50)51-4/h8-11,15-18,20-21,30-31,33,38,49H,5-7,12-14,19H2,1-4H3,(H,41,44)(H,42,50)(H,43,45)/t20-,21-,30?,31?,33+,38?/m0/s1. The molecule has 0 aliphatic carbocycles. The summed E-state index contributed by atoms with van der Waals surface area (Å²) in [6, 6.07) is 14.3. The van der Waals surface area contributed by atoms with E-state index in [1.807, 2.05) is 22.9 Å². The highest BCUT2D eigenvalue weighted by Gasteiger charge is 2.40. The molecule has 2 aromatic heterocycles. The number of aliphatic hydroxyl groups excluding tert-OH is 1. The number of hydrogen-bond acceptors (Lipinski definition) is 8. The third kappa shape index (κ3) is 6.09. The molecule has 5 heterocycles. The lowest BCUT2D eigenvalue weighted by Gasteiger charge is -2.35. The van der Waals surface area contributed by atoms with Crippen LogP contribution in [0.2, 0.25) is 0 Å². The summed E-state index contributed by atoms with van der Waals surface area (Å²) in [7, 11) is 1.31. The average Bonchev–Trinajstić information content (AvgIpc) is 3.96. The number of hydrogen-bond donors (Lipinski definition) is 4. The quantitative estimate of drug-likeness (QED) is 0.0716. The number of nitrogens with one attached hydrogen (secondary N) is 3. The minimum Gasteiger partial charge on any atom is -0.488 e. The summed E-state index contributed by atoms with van der Waals surface area (Å²) in [6.07, 6.45) is 5.35. The second-order valence-corrected chi connectivity index (χ2v) is 15.7. The number of rotatable bonds is 8. The van der Waals surface area contributed by atoms with E-state index in [4.69, 9.17) is 19.4 Å². The number of carbonyl (C=O) groups excluding carboxylic acids is 2. The number of alkyl carbamates (subject to hydrolysis) is 1. The van der Waals surface area contributed by atoms with Gasteiger partial charge in [0, 0.05) is 23.4 Å². The minimum atomic E-state index is -0.902. The van der Waals surface area contributed by atoms with Crippen LogP contribution in [0.3, 0.4) is 0 Å². The maximum absolute atomic E-state index is 13.0. The summed E-state index contributed by atoms with van der Waals surface area (Å²) in [5.41, 5.74) is 7.00. The molecule has 12 nitrogen and oxygen atoms in total. The normalized spacial score (nSPS) is 22.6. The summed E-state index contributed by atoms with van der Waals surface area (Å²) in [5.74, 6) is 2.65. The molecule has 8 rings (SSSR count).